The highest BCUT2D eigenvalue weighted by Gasteiger charge is 2.31. The topological polar surface area (TPSA) is 26.0 Å². The van der Waals surface area contributed by atoms with Gasteiger partial charge in [-0.2, -0.15) is 13.2 Å². The van der Waals surface area contributed by atoms with Gasteiger partial charge in [-0.3, -0.25) is 0 Å². The third kappa shape index (κ3) is 2.67. The fourth-order valence-electron chi connectivity index (χ4n) is 1.69. The van der Waals surface area contributed by atoms with E-state index < -0.39 is 23.4 Å². The van der Waals surface area contributed by atoms with Crippen molar-refractivity contribution in [3.05, 3.63) is 53.6 Å². The van der Waals surface area contributed by atoms with Gasteiger partial charge in [0.2, 0.25) is 0 Å². The van der Waals surface area contributed by atoms with Gasteiger partial charge in [-0.1, -0.05) is 6.07 Å². The van der Waals surface area contributed by atoms with Crippen LogP contribution in [0.3, 0.4) is 0 Å². The number of nitrogens with two attached hydrogens (primary N) is 1. The lowest BCUT2D eigenvalue weighted by atomic mass is 10.0. The normalized spacial score (nSPS) is 11.6. The molecule has 0 bridgehead atoms. The maximum atomic E-state index is 13.5. The van der Waals surface area contributed by atoms with Gasteiger partial charge in [-0.05, 0) is 24.3 Å². The summed E-state index contributed by atoms with van der Waals surface area (Å²) in [5.41, 5.74) is 4.39. The Balaban J connectivity index is 2.52. The lowest BCUT2D eigenvalue weighted by Gasteiger charge is -2.11. The van der Waals surface area contributed by atoms with E-state index >= 15 is 0 Å². The highest BCUT2D eigenvalue weighted by atomic mass is 19.4. The summed E-state index contributed by atoms with van der Waals surface area (Å²) in [5, 5.41) is 0. The summed E-state index contributed by atoms with van der Waals surface area (Å²) in [6.45, 7) is 0. The second-order valence-electron chi connectivity index (χ2n) is 3.92. The van der Waals surface area contributed by atoms with Crippen molar-refractivity contribution in [3.63, 3.8) is 0 Å². The molecule has 0 atom stereocenters. The summed E-state index contributed by atoms with van der Waals surface area (Å²) in [5.74, 6) is -1.65. The fraction of sp³-hybridized carbons (Fsp3) is 0.0769. The van der Waals surface area contributed by atoms with Crippen LogP contribution in [0.4, 0.5) is 27.6 Å². The fourth-order valence-corrected chi connectivity index (χ4v) is 1.69. The molecule has 0 radical (unpaired) electrons. The maximum absolute atomic E-state index is 13.5. The zero-order valence-corrected chi connectivity index (χ0v) is 9.43. The van der Waals surface area contributed by atoms with Gasteiger partial charge in [0.1, 0.15) is 11.6 Å². The largest absolute Gasteiger partial charge is 0.416 e. The summed E-state index contributed by atoms with van der Waals surface area (Å²) in [6.07, 6.45) is -4.52. The molecule has 2 rings (SSSR count). The van der Waals surface area contributed by atoms with Crippen molar-refractivity contribution in [2.45, 2.75) is 6.18 Å². The summed E-state index contributed by atoms with van der Waals surface area (Å²) in [4.78, 5) is 0. The van der Waals surface area contributed by atoms with Crippen molar-refractivity contribution in [3.8, 4) is 11.1 Å². The lowest BCUT2D eigenvalue weighted by molar-refractivity contribution is -0.137. The summed E-state index contributed by atoms with van der Waals surface area (Å²) >= 11 is 0. The van der Waals surface area contributed by atoms with Gasteiger partial charge in [0.15, 0.2) is 0 Å². The number of hydrogen-bond donors (Lipinski definition) is 1. The van der Waals surface area contributed by atoms with Crippen molar-refractivity contribution in [2.24, 2.45) is 0 Å². The molecule has 0 saturated heterocycles. The quantitative estimate of drug-likeness (QED) is 0.610. The van der Waals surface area contributed by atoms with Gasteiger partial charge < -0.3 is 5.73 Å². The minimum absolute atomic E-state index is 0.0485. The minimum atomic E-state index is -4.52. The minimum Gasteiger partial charge on any atom is -0.398 e. The predicted octanol–water partition coefficient (Wildman–Crippen LogP) is 4.23. The third-order valence-electron chi connectivity index (χ3n) is 2.60. The smallest absolute Gasteiger partial charge is 0.398 e. The number of hydrogen-bond acceptors (Lipinski definition) is 1. The standard InChI is InChI=1S/C13H8F5N/c14-8-2-4-9(11(15)6-8)10-3-1-7(5-12(10)19)13(16,17)18/h1-6H,19H2. The first-order valence-corrected chi connectivity index (χ1v) is 5.21. The Morgan fingerprint density at radius 1 is 0.842 bits per heavy atom. The van der Waals surface area contributed by atoms with Crippen molar-refractivity contribution >= 4 is 5.69 Å². The molecule has 6 heteroatoms. The maximum Gasteiger partial charge on any atom is 0.416 e. The average Bonchev–Trinajstić information content (AvgIpc) is 2.28. The second kappa shape index (κ2) is 4.53. The molecular formula is C13H8F5N. The Bertz CT molecular complexity index is 619. The predicted molar refractivity (Wildman–Crippen MR) is 61.2 cm³/mol. The van der Waals surface area contributed by atoms with Gasteiger partial charge in [-0.25, -0.2) is 8.78 Å². The van der Waals surface area contributed by atoms with Crippen LogP contribution in [0, 0.1) is 11.6 Å². The van der Waals surface area contributed by atoms with Gasteiger partial charge in [-0.15, -0.1) is 0 Å². The van der Waals surface area contributed by atoms with Crippen molar-refractivity contribution in [2.75, 3.05) is 5.73 Å². The van der Waals surface area contributed by atoms with Crippen molar-refractivity contribution in [1.82, 2.24) is 0 Å². The van der Waals surface area contributed by atoms with E-state index in [4.69, 9.17) is 5.73 Å². The summed E-state index contributed by atoms with van der Waals surface area (Å²) in [7, 11) is 0. The highest BCUT2D eigenvalue weighted by molar-refractivity contribution is 5.77. The number of alkyl halides is 3. The molecule has 0 spiro atoms. The van der Waals surface area contributed by atoms with Crippen LogP contribution in [0.25, 0.3) is 11.1 Å². The zero-order chi connectivity index (χ0) is 14.2. The Labute approximate surface area is 105 Å². The molecule has 1 nitrogen and oxygen atoms in total. The van der Waals surface area contributed by atoms with Crippen LogP contribution >= 0.6 is 0 Å². The molecule has 0 unspecified atom stereocenters. The van der Waals surface area contributed by atoms with Crippen LogP contribution in [0.15, 0.2) is 36.4 Å². The Hall–Kier alpha value is -2.11. The number of nitrogen functional groups attached to an aromatic ring is 1. The first-order chi connectivity index (χ1) is 8.79. The van der Waals surface area contributed by atoms with Crippen LogP contribution in [0.5, 0.6) is 0 Å². The number of anilines is 1. The molecule has 0 aliphatic rings. The van der Waals surface area contributed by atoms with Crippen LogP contribution in [-0.4, -0.2) is 0 Å². The molecule has 0 heterocycles. The molecule has 0 aliphatic carbocycles. The molecule has 0 amide bonds. The zero-order valence-electron chi connectivity index (χ0n) is 9.43. The van der Waals surface area contributed by atoms with Crippen molar-refractivity contribution < 1.29 is 22.0 Å². The highest BCUT2D eigenvalue weighted by Crippen LogP contribution is 2.35. The van der Waals surface area contributed by atoms with Crippen LogP contribution < -0.4 is 5.73 Å². The molecule has 19 heavy (non-hydrogen) atoms. The summed E-state index contributed by atoms with van der Waals surface area (Å²) < 4.78 is 63.7. The van der Waals surface area contributed by atoms with E-state index in [1.54, 1.807) is 0 Å². The van der Waals surface area contributed by atoms with Crippen molar-refractivity contribution in [1.29, 1.82) is 0 Å². The average molecular weight is 273 g/mol. The number of halogens is 5. The Morgan fingerprint density at radius 3 is 2.00 bits per heavy atom. The van der Waals surface area contributed by atoms with Crippen LogP contribution in [-0.2, 0) is 6.18 Å². The first kappa shape index (κ1) is 13.3. The van der Waals surface area contributed by atoms with Gasteiger partial charge in [0.25, 0.3) is 0 Å². The van der Waals surface area contributed by atoms with Gasteiger partial charge in [0.05, 0.1) is 5.56 Å². The Kier molecular flexibility index (Phi) is 3.18. The molecule has 0 fully saturated rings. The monoisotopic (exact) mass is 273 g/mol. The van der Waals surface area contributed by atoms with Gasteiger partial charge in [0, 0.05) is 22.9 Å². The molecule has 100 valence electrons. The first-order valence-electron chi connectivity index (χ1n) is 5.21. The molecule has 0 aliphatic heterocycles. The molecule has 2 aromatic rings. The van der Waals surface area contributed by atoms with E-state index in [0.29, 0.717) is 6.07 Å². The van der Waals surface area contributed by atoms with Gasteiger partial charge >= 0.3 is 6.18 Å². The molecule has 2 aromatic carbocycles. The van der Waals surface area contributed by atoms with E-state index in [2.05, 4.69) is 0 Å². The SMILES string of the molecule is Nc1cc(C(F)(F)F)ccc1-c1ccc(F)cc1F. The lowest BCUT2D eigenvalue weighted by Crippen LogP contribution is -2.06. The van der Waals surface area contributed by atoms with E-state index in [1.165, 1.54) is 0 Å². The molecule has 0 aromatic heterocycles. The number of rotatable bonds is 1. The van der Waals surface area contributed by atoms with Crippen LogP contribution in [0.2, 0.25) is 0 Å². The van der Waals surface area contributed by atoms with E-state index in [0.717, 1.165) is 30.3 Å². The molecule has 0 saturated carbocycles. The Morgan fingerprint density at radius 2 is 1.47 bits per heavy atom. The molecular weight excluding hydrogens is 265 g/mol. The second-order valence-corrected chi connectivity index (χ2v) is 3.92. The molecule has 2 N–H and O–H groups in total. The third-order valence-corrected chi connectivity index (χ3v) is 2.60. The van der Waals surface area contributed by atoms with Crippen LogP contribution in [0.1, 0.15) is 5.56 Å². The van der Waals surface area contributed by atoms with E-state index in [-0.39, 0.29) is 16.8 Å². The van der Waals surface area contributed by atoms with E-state index in [9.17, 15) is 22.0 Å². The van der Waals surface area contributed by atoms with E-state index in [1.807, 2.05) is 0 Å². The summed E-state index contributed by atoms with van der Waals surface area (Å²) in [6, 6.07) is 5.37. The number of benzene rings is 2.